The van der Waals surface area contributed by atoms with Gasteiger partial charge in [-0.1, -0.05) is 75.1 Å². The molecule has 1 aromatic heterocycles. The highest BCUT2D eigenvalue weighted by Crippen LogP contribution is 2.27. The van der Waals surface area contributed by atoms with E-state index in [-0.39, 0.29) is 5.82 Å². The van der Waals surface area contributed by atoms with Crippen molar-refractivity contribution in [2.75, 3.05) is 6.61 Å². The molecule has 0 aliphatic heterocycles. The van der Waals surface area contributed by atoms with Gasteiger partial charge in [0.1, 0.15) is 11.6 Å². The highest BCUT2D eigenvalue weighted by Gasteiger charge is 2.05. The molecule has 0 aliphatic rings. The van der Waals surface area contributed by atoms with E-state index in [1.54, 1.807) is 6.07 Å². The van der Waals surface area contributed by atoms with Gasteiger partial charge >= 0.3 is 0 Å². The minimum atomic E-state index is -0.241. The van der Waals surface area contributed by atoms with Crippen LogP contribution in [0.1, 0.15) is 39.0 Å². The molecule has 4 aromatic rings. The molecule has 1 heterocycles. The molecule has 3 heteroatoms. The van der Waals surface area contributed by atoms with Crippen LogP contribution in [-0.2, 0) is 0 Å². The summed E-state index contributed by atoms with van der Waals surface area (Å²) in [6.07, 6.45) is 6.22. The summed E-state index contributed by atoms with van der Waals surface area (Å²) in [5.41, 5.74) is 5.02. The number of fused-ring (bicyclic) bond motifs is 1. The predicted octanol–water partition coefficient (Wildman–Crippen LogP) is 8.06. The number of benzene rings is 3. The first-order valence-electron chi connectivity index (χ1n) is 11.1. The van der Waals surface area contributed by atoms with Crippen LogP contribution in [0.3, 0.4) is 0 Å². The van der Waals surface area contributed by atoms with Crippen LogP contribution >= 0.6 is 0 Å². The van der Waals surface area contributed by atoms with Crippen molar-refractivity contribution in [3.05, 3.63) is 84.7 Å². The smallest absolute Gasteiger partial charge is 0.123 e. The van der Waals surface area contributed by atoms with E-state index >= 15 is 0 Å². The zero-order valence-corrected chi connectivity index (χ0v) is 18.0. The largest absolute Gasteiger partial charge is 0.494 e. The molecule has 158 valence electrons. The minimum Gasteiger partial charge on any atom is -0.494 e. The van der Waals surface area contributed by atoms with Gasteiger partial charge in [-0.2, -0.15) is 0 Å². The molecule has 0 amide bonds. The van der Waals surface area contributed by atoms with Gasteiger partial charge in [0.15, 0.2) is 0 Å². The second-order valence-corrected chi connectivity index (χ2v) is 7.90. The Kier molecular flexibility index (Phi) is 6.93. The molecule has 0 fully saturated rings. The van der Waals surface area contributed by atoms with Crippen LogP contribution in [0.4, 0.5) is 4.39 Å². The number of pyridine rings is 1. The number of ether oxygens (including phenoxy) is 1. The Balaban J connectivity index is 1.39. The first-order valence-corrected chi connectivity index (χ1v) is 11.1. The van der Waals surface area contributed by atoms with Crippen molar-refractivity contribution in [1.82, 2.24) is 4.98 Å². The van der Waals surface area contributed by atoms with Crippen molar-refractivity contribution in [1.29, 1.82) is 0 Å². The molecule has 0 bridgehead atoms. The molecule has 0 spiro atoms. The summed E-state index contributed by atoms with van der Waals surface area (Å²) < 4.78 is 19.2. The molecule has 0 unspecified atom stereocenters. The summed E-state index contributed by atoms with van der Waals surface area (Å²) in [5.74, 6) is 0.683. The van der Waals surface area contributed by atoms with Crippen molar-refractivity contribution in [2.24, 2.45) is 0 Å². The summed E-state index contributed by atoms with van der Waals surface area (Å²) in [7, 11) is 0. The highest BCUT2D eigenvalue weighted by molar-refractivity contribution is 5.82. The molecular weight excluding hydrogens is 385 g/mol. The first-order chi connectivity index (χ1) is 15.2. The molecule has 0 atom stereocenters. The van der Waals surface area contributed by atoms with Gasteiger partial charge in [0.05, 0.1) is 17.8 Å². The lowest BCUT2D eigenvalue weighted by molar-refractivity contribution is 0.304. The Labute approximate surface area is 183 Å². The van der Waals surface area contributed by atoms with E-state index in [1.807, 2.05) is 24.3 Å². The molecule has 0 radical (unpaired) electrons. The van der Waals surface area contributed by atoms with Gasteiger partial charge in [0.2, 0.25) is 0 Å². The van der Waals surface area contributed by atoms with Crippen LogP contribution < -0.4 is 4.74 Å². The van der Waals surface area contributed by atoms with E-state index in [1.165, 1.54) is 37.8 Å². The topological polar surface area (TPSA) is 22.1 Å². The van der Waals surface area contributed by atoms with Gasteiger partial charge in [0, 0.05) is 10.9 Å². The standard InChI is InChI=1S/C28H28FNO/c1-2-3-4-5-6-19-31-26-15-11-22(12-16-26)21-7-9-23(10-8-21)27-17-13-24-20-25(29)14-18-28(24)30-27/h7-18,20H,2-6,19H2,1H3. The number of rotatable bonds is 9. The minimum absolute atomic E-state index is 0.241. The monoisotopic (exact) mass is 413 g/mol. The molecule has 0 aliphatic carbocycles. The third-order valence-corrected chi connectivity index (χ3v) is 5.54. The molecular formula is C28H28FNO. The second kappa shape index (κ2) is 10.2. The van der Waals surface area contributed by atoms with Crippen molar-refractivity contribution in [3.8, 4) is 28.1 Å². The van der Waals surface area contributed by atoms with Gasteiger partial charge in [-0.15, -0.1) is 0 Å². The Morgan fingerprint density at radius 2 is 1.39 bits per heavy atom. The maximum Gasteiger partial charge on any atom is 0.123 e. The van der Waals surface area contributed by atoms with Crippen LogP contribution in [-0.4, -0.2) is 11.6 Å². The normalized spacial score (nSPS) is 11.0. The van der Waals surface area contributed by atoms with Gasteiger partial charge in [-0.3, -0.25) is 0 Å². The molecule has 0 N–H and O–H groups in total. The van der Waals surface area contributed by atoms with Crippen LogP contribution in [0.5, 0.6) is 5.75 Å². The summed E-state index contributed by atoms with van der Waals surface area (Å²) in [6, 6.07) is 25.2. The fourth-order valence-corrected chi connectivity index (χ4v) is 3.73. The molecule has 4 rings (SSSR count). The van der Waals surface area contributed by atoms with E-state index in [2.05, 4.69) is 48.3 Å². The Hall–Kier alpha value is -3.20. The van der Waals surface area contributed by atoms with Crippen LogP contribution in [0, 0.1) is 5.82 Å². The van der Waals surface area contributed by atoms with Crippen molar-refractivity contribution in [2.45, 2.75) is 39.0 Å². The van der Waals surface area contributed by atoms with Gasteiger partial charge in [0.25, 0.3) is 0 Å². The third kappa shape index (κ3) is 5.49. The summed E-state index contributed by atoms with van der Waals surface area (Å²) >= 11 is 0. The Bertz CT molecular complexity index is 1120. The summed E-state index contributed by atoms with van der Waals surface area (Å²) in [4.78, 5) is 4.67. The third-order valence-electron chi connectivity index (χ3n) is 5.54. The highest BCUT2D eigenvalue weighted by atomic mass is 19.1. The van der Waals surface area contributed by atoms with Crippen LogP contribution in [0.2, 0.25) is 0 Å². The average molecular weight is 414 g/mol. The molecule has 0 saturated heterocycles. The maximum absolute atomic E-state index is 13.4. The zero-order valence-electron chi connectivity index (χ0n) is 18.0. The van der Waals surface area contributed by atoms with Gasteiger partial charge < -0.3 is 4.74 Å². The number of halogens is 1. The summed E-state index contributed by atoms with van der Waals surface area (Å²) in [5, 5.41) is 0.809. The molecule has 31 heavy (non-hydrogen) atoms. The fraction of sp³-hybridized carbons (Fsp3) is 0.250. The quantitative estimate of drug-likeness (QED) is 0.259. The zero-order chi connectivity index (χ0) is 21.5. The second-order valence-electron chi connectivity index (χ2n) is 7.90. The van der Waals surface area contributed by atoms with E-state index in [0.29, 0.717) is 0 Å². The van der Waals surface area contributed by atoms with Gasteiger partial charge in [-0.05, 0) is 53.9 Å². The SMILES string of the molecule is CCCCCCCOc1ccc(-c2ccc(-c3ccc4cc(F)ccc4n3)cc2)cc1. The number of aromatic nitrogens is 1. The number of unbranched alkanes of at least 4 members (excludes halogenated alkanes) is 4. The van der Waals surface area contributed by atoms with Crippen LogP contribution in [0.15, 0.2) is 78.9 Å². The number of nitrogens with zero attached hydrogens (tertiary/aromatic N) is 1. The summed E-state index contributed by atoms with van der Waals surface area (Å²) in [6.45, 7) is 3.01. The fourth-order valence-electron chi connectivity index (χ4n) is 3.73. The van der Waals surface area contributed by atoms with Gasteiger partial charge in [-0.25, -0.2) is 9.37 Å². The lowest BCUT2D eigenvalue weighted by Gasteiger charge is -2.08. The molecule has 0 saturated carbocycles. The lowest BCUT2D eigenvalue weighted by atomic mass is 10.0. The van der Waals surface area contributed by atoms with Crippen molar-refractivity contribution in [3.63, 3.8) is 0 Å². The van der Waals surface area contributed by atoms with Crippen molar-refractivity contribution < 1.29 is 9.13 Å². The molecule has 2 nitrogen and oxygen atoms in total. The lowest BCUT2D eigenvalue weighted by Crippen LogP contribution is -1.97. The maximum atomic E-state index is 13.4. The average Bonchev–Trinajstić information content (AvgIpc) is 2.81. The van der Waals surface area contributed by atoms with Crippen molar-refractivity contribution >= 4 is 10.9 Å². The van der Waals surface area contributed by atoms with E-state index in [4.69, 9.17) is 4.74 Å². The molecule has 3 aromatic carbocycles. The Morgan fingerprint density at radius 1 is 0.710 bits per heavy atom. The van der Waals surface area contributed by atoms with Crippen LogP contribution in [0.25, 0.3) is 33.3 Å². The first kappa shape index (κ1) is 21.0. The van der Waals surface area contributed by atoms with E-state index in [0.717, 1.165) is 52.1 Å². The Morgan fingerprint density at radius 3 is 2.13 bits per heavy atom. The predicted molar refractivity (Wildman–Crippen MR) is 127 cm³/mol. The van der Waals surface area contributed by atoms with E-state index in [9.17, 15) is 4.39 Å². The number of hydrogen-bond donors (Lipinski definition) is 0. The number of hydrogen-bond acceptors (Lipinski definition) is 2. The van der Waals surface area contributed by atoms with E-state index < -0.39 is 0 Å².